The monoisotopic (exact) mass is 284 g/mol. The smallest absolute Gasteiger partial charge is 0.308 e. The zero-order valence-corrected chi connectivity index (χ0v) is 12.4. The molecular formula is C17H20N2O2. The third-order valence-corrected chi connectivity index (χ3v) is 4.17. The van der Waals surface area contributed by atoms with Gasteiger partial charge in [-0.05, 0) is 38.3 Å². The SMILES string of the molecule is COC(=O)[C@H]1CC[C@@H](Nc2cc(C)nc3ccccc23)C1. The van der Waals surface area contributed by atoms with Crippen LogP contribution in [0.1, 0.15) is 25.0 Å². The van der Waals surface area contributed by atoms with Crippen molar-refractivity contribution in [2.24, 2.45) is 5.92 Å². The maximum atomic E-state index is 11.6. The van der Waals surface area contributed by atoms with Gasteiger partial charge in [0, 0.05) is 22.8 Å². The lowest BCUT2D eigenvalue weighted by Crippen LogP contribution is -2.19. The highest BCUT2D eigenvalue weighted by molar-refractivity contribution is 5.91. The van der Waals surface area contributed by atoms with Gasteiger partial charge in [0.1, 0.15) is 0 Å². The number of nitrogens with one attached hydrogen (secondary N) is 1. The molecule has 1 aliphatic rings. The van der Waals surface area contributed by atoms with Gasteiger partial charge in [-0.15, -0.1) is 0 Å². The molecule has 2 aromatic rings. The zero-order valence-electron chi connectivity index (χ0n) is 12.4. The molecule has 1 aromatic carbocycles. The first kappa shape index (κ1) is 13.9. The summed E-state index contributed by atoms with van der Waals surface area (Å²) in [6.07, 6.45) is 2.73. The van der Waals surface area contributed by atoms with Crippen LogP contribution in [0.5, 0.6) is 0 Å². The molecule has 2 atom stereocenters. The van der Waals surface area contributed by atoms with Crippen molar-refractivity contribution in [3.8, 4) is 0 Å². The number of ether oxygens (including phenoxy) is 1. The molecule has 4 nitrogen and oxygen atoms in total. The van der Waals surface area contributed by atoms with Crippen LogP contribution in [0.3, 0.4) is 0 Å². The fraction of sp³-hybridized carbons (Fsp3) is 0.412. The van der Waals surface area contributed by atoms with Crippen molar-refractivity contribution < 1.29 is 9.53 Å². The molecule has 0 spiro atoms. The lowest BCUT2D eigenvalue weighted by molar-refractivity contribution is -0.145. The molecule has 1 aromatic heterocycles. The van der Waals surface area contributed by atoms with Crippen LogP contribution in [0, 0.1) is 12.8 Å². The summed E-state index contributed by atoms with van der Waals surface area (Å²) in [7, 11) is 1.46. The van der Waals surface area contributed by atoms with E-state index < -0.39 is 0 Å². The number of carbonyl (C=O) groups is 1. The maximum absolute atomic E-state index is 11.6. The van der Waals surface area contributed by atoms with Gasteiger partial charge < -0.3 is 10.1 Å². The molecule has 0 aliphatic heterocycles. The predicted molar refractivity (Wildman–Crippen MR) is 83.2 cm³/mol. The van der Waals surface area contributed by atoms with Crippen molar-refractivity contribution in [2.45, 2.75) is 32.2 Å². The Kier molecular flexibility index (Phi) is 3.78. The van der Waals surface area contributed by atoms with Gasteiger partial charge in [-0.1, -0.05) is 18.2 Å². The number of esters is 1. The average molecular weight is 284 g/mol. The molecule has 1 fully saturated rings. The van der Waals surface area contributed by atoms with E-state index in [9.17, 15) is 4.79 Å². The molecule has 1 heterocycles. The van der Waals surface area contributed by atoms with Gasteiger partial charge in [0.05, 0.1) is 18.5 Å². The lowest BCUT2D eigenvalue weighted by atomic mass is 10.1. The molecule has 1 saturated carbocycles. The first-order valence-corrected chi connectivity index (χ1v) is 7.38. The molecule has 1 N–H and O–H groups in total. The lowest BCUT2D eigenvalue weighted by Gasteiger charge is -2.16. The van der Waals surface area contributed by atoms with Crippen molar-refractivity contribution in [1.29, 1.82) is 0 Å². The number of hydrogen-bond acceptors (Lipinski definition) is 4. The molecule has 21 heavy (non-hydrogen) atoms. The second-order valence-electron chi connectivity index (χ2n) is 5.70. The Balaban J connectivity index is 1.81. The third-order valence-electron chi connectivity index (χ3n) is 4.17. The molecule has 0 bridgehead atoms. The van der Waals surface area contributed by atoms with Gasteiger partial charge in [0.15, 0.2) is 0 Å². The highest BCUT2D eigenvalue weighted by atomic mass is 16.5. The topological polar surface area (TPSA) is 51.2 Å². The van der Waals surface area contributed by atoms with E-state index in [0.29, 0.717) is 6.04 Å². The van der Waals surface area contributed by atoms with E-state index in [1.807, 2.05) is 25.1 Å². The Morgan fingerprint density at radius 3 is 2.95 bits per heavy atom. The van der Waals surface area contributed by atoms with Crippen LogP contribution in [0.4, 0.5) is 5.69 Å². The number of aryl methyl sites for hydroxylation is 1. The van der Waals surface area contributed by atoms with Crippen molar-refractivity contribution in [3.05, 3.63) is 36.0 Å². The zero-order chi connectivity index (χ0) is 14.8. The van der Waals surface area contributed by atoms with E-state index in [4.69, 9.17) is 4.74 Å². The summed E-state index contributed by atoms with van der Waals surface area (Å²) in [5.74, 6) is -0.0586. The van der Waals surface area contributed by atoms with Gasteiger partial charge in [-0.25, -0.2) is 0 Å². The number of benzene rings is 1. The van der Waals surface area contributed by atoms with E-state index in [-0.39, 0.29) is 11.9 Å². The third kappa shape index (κ3) is 2.84. The van der Waals surface area contributed by atoms with Crippen LogP contribution < -0.4 is 5.32 Å². The summed E-state index contributed by atoms with van der Waals surface area (Å²) in [5.41, 5.74) is 3.11. The number of aromatic nitrogens is 1. The van der Waals surface area contributed by atoms with Gasteiger partial charge in [-0.2, -0.15) is 0 Å². The summed E-state index contributed by atoms with van der Waals surface area (Å²) in [5, 5.41) is 4.72. The number of rotatable bonds is 3. The van der Waals surface area contributed by atoms with Gasteiger partial charge in [0.25, 0.3) is 0 Å². The molecule has 0 unspecified atom stereocenters. The van der Waals surface area contributed by atoms with Crippen LogP contribution >= 0.6 is 0 Å². The summed E-state index contributed by atoms with van der Waals surface area (Å²) < 4.78 is 4.85. The Morgan fingerprint density at radius 2 is 2.14 bits per heavy atom. The second-order valence-corrected chi connectivity index (χ2v) is 5.70. The minimum atomic E-state index is -0.0879. The van der Waals surface area contributed by atoms with Gasteiger partial charge in [0.2, 0.25) is 0 Å². The number of para-hydroxylation sites is 1. The van der Waals surface area contributed by atoms with Crippen molar-refractivity contribution >= 4 is 22.6 Å². The first-order valence-electron chi connectivity index (χ1n) is 7.38. The number of nitrogens with zero attached hydrogens (tertiary/aromatic N) is 1. The first-order chi connectivity index (χ1) is 10.2. The van der Waals surface area contributed by atoms with Crippen LogP contribution in [0.2, 0.25) is 0 Å². The highest BCUT2D eigenvalue weighted by Gasteiger charge is 2.30. The van der Waals surface area contributed by atoms with Gasteiger partial charge in [-0.3, -0.25) is 9.78 Å². The molecule has 0 radical (unpaired) electrons. The Morgan fingerprint density at radius 1 is 1.33 bits per heavy atom. The fourth-order valence-corrected chi connectivity index (χ4v) is 3.14. The highest BCUT2D eigenvalue weighted by Crippen LogP contribution is 2.31. The minimum Gasteiger partial charge on any atom is -0.469 e. The number of anilines is 1. The van der Waals surface area contributed by atoms with E-state index in [2.05, 4.69) is 22.4 Å². The summed E-state index contributed by atoms with van der Waals surface area (Å²) in [6, 6.07) is 10.5. The average Bonchev–Trinajstić information content (AvgIpc) is 2.95. The number of pyridine rings is 1. The van der Waals surface area contributed by atoms with E-state index in [1.165, 1.54) is 7.11 Å². The summed E-state index contributed by atoms with van der Waals surface area (Å²) in [6.45, 7) is 2.00. The molecule has 3 rings (SSSR count). The van der Waals surface area contributed by atoms with Crippen molar-refractivity contribution in [1.82, 2.24) is 4.98 Å². The van der Waals surface area contributed by atoms with E-state index >= 15 is 0 Å². The standard InChI is InChI=1S/C17H20N2O2/c1-11-9-16(14-5-3-4-6-15(14)18-11)19-13-8-7-12(10-13)17(20)21-2/h3-6,9,12-13H,7-8,10H2,1-2H3,(H,18,19)/t12-,13+/m0/s1. The van der Waals surface area contributed by atoms with E-state index in [0.717, 1.165) is 41.5 Å². The fourth-order valence-electron chi connectivity index (χ4n) is 3.14. The molecule has 0 amide bonds. The molecular weight excluding hydrogens is 264 g/mol. The summed E-state index contributed by atoms with van der Waals surface area (Å²) >= 11 is 0. The van der Waals surface area contributed by atoms with Crippen LogP contribution in [0.15, 0.2) is 30.3 Å². The Labute approximate surface area is 124 Å². The minimum absolute atomic E-state index is 0.0294. The molecule has 110 valence electrons. The van der Waals surface area contributed by atoms with Crippen molar-refractivity contribution in [2.75, 3.05) is 12.4 Å². The number of hydrogen-bond donors (Lipinski definition) is 1. The van der Waals surface area contributed by atoms with Crippen LogP contribution in [-0.4, -0.2) is 24.1 Å². The molecule has 4 heteroatoms. The number of methoxy groups -OCH3 is 1. The van der Waals surface area contributed by atoms with E-state index in [1.54, 1.807) is 0 Å². The maximum Gasteiger partial charge on any atom is 0.308 e. The normalized spacial score (nSPS) is 21.4. The van der Waals surface area contributed by atoms with Crippen LogP contribution in [0.25, 0.3) is 10.9 Å². The molecule has 0 saturated heterocycles. The second kappa shape index (κ2) is 5.72. The number of carbonyl (C=O) groups excluding carboxylic acids is 1. The Bertz CT molecular complexity index is 669. The summed E-state index contributed by atoms with van der Waals surface area (Å²) in [4.78, 5) is 16.2. The van der Waals surface area contributed by atoms with Crippen molar-refractivity contribution in [3.63, 3.8) is 0 Å². The van der Waals surface area contributed by atoms with Crippen LogP contribution in [-0.2, 0) is 9.53 Å². The number of fused-ring (bicyclic) bond motifs is 1. The largest absolute Gasteiger partial charge is 0.469 e. The Hall–Kier alpha value is -2.10. The molecule has 1 aliphatic carbocycles. The predicted octanol–water partition coefficient (Wildman–Crippen LogP) is 3.30. The quantitative estimate of drug-likeness (QED) is 0.879. The van der Waals surface area contributed by atoms with Gasteiger partial charge >= 0.3 is 5.97 Å².